The lowest BCUT2D eigenvalue weighted by Crippen LogP contribution is -2.75. The molecule has 0 unspecified atom stereocenters. The van der Waals surface area contributed by atoms with Crippen molar-refractivity contribution >= 4 is 8.32 Å². The van der Waals surface area contributed by atoms with Crippen LogP contribution in [0.15, 0.2) is 0 Å². The summed E-state index contributed by atoms with van der Waals surface area (Å²) in [6.07, 6.45) is 6.18. The van der Waals surface area contributed by atoms with Gasteiger partial charge in [-0.3, -0.25) is 0 Å². The molecule has 0 bridgehead atoms. The van der Waals surface area contributed by atoms with Gasteiger partial charge in [0, 0.05) is 19.8 Å². The molecule has 158 valence electrons. The first-order valence-corrected chi connectivity index (χ1v) is 13.7. The highest BCUT2D eigenvalue weighted by Gasteiger charge is 2.71. The molecule has 2 heterocycles. The third-order valence-corrected chi connectivity index (χ3v) is 12.3. The molecule has 0 amide bonds. The lowest BCUT2D eigenvalue weighted by atomic mass is 9.58. The first kappa shape index (κ1) is 21.7. The Labute approximate surface area is 165 Å². The fraction of sp³-hybridized carbons (Fsp3) is 1.00. The Morgan fingerprint density at radius 2 is 1.74 bits per heavy atom. The minimum absolute atomic E-state index is 0.0685. The maximum atomic E-state index is 12.2. The minimum atomic E-state index is -2.06. The summed E-state index contributed by atoms with van der Waals surface area (Å²) < 4.78 is 19.6. The topological polar surface area (TPSA) is 68.2 Å². The summed E-state index contributed by atoms with van der Waals surface area (Å²) >= 11 is 0. The van der Waals surface area contributed by atoms with Crippen LogP contribution in [0.1, 0.15) is 72.1 Å². The van der Waals surface area contributed by atoms with E-state index >= 15 is 0 Å². The number of rotatable bonds is 5. The summed E-state index contributed by atoms with van der Waals surface area (Å²) in [6, 6.07) is 0. The van der Waals surface area contributed by atoms with E-state index in [1.54, 1.807) is 0 Å². The van der Waals surface area contributed by atoms with Crippen LogP contribution in [0.25, 0.3) is 0 Å². The first-order chi connectivity index (χ1) is 12.5. The second-order valence-electron chi connectivity index (χ2n) is 10.4. The van der Waals surface area contributed by atoms with Crippen molar-refractivity contribution in [3.05, 3.63) is 0 Å². The van der Waals surface area contributed by atoms with Crippen molar-refractivity contribution in [2.45, 2.75) is 113 Å². The number of aliphatic hydroxyl groups is 2. The molecule has 5 nitrogen and oxygen atoms in total. The van der Waals surface area contributed by atoms with Crippen molar-refractivity contribution in [3.63, 3.8) is 0 Å². The Morgan fingerprint density at radius 1 is 1.07 bits per heavy atom. The van der Waals surface area contributed by atoms with Crippen molar-refractivity contribution in [1.82, 2.24) is 0 Å². The summed E-state index contributed by atoms with van der Waals surface area (Å²) in [5.41, 5.74) is -2.23. The van der Waals surface area contributed by atoms with E-state index in [0.717, 1.165) is 45.1 Å². The van der Waals surface area contributed by atoms with Gasteiger partial charge in [-0.15, -0.1) is 0 Å². The fourth-order valence-corrected chi connectivity index (χ4v) is 6.79. The first-order valence-electron chi connectivity index (χ1n) is 10.8. The fourth-order valence-electron chi connectivity index (χ4n) is 5.41. The summed E-state index contributed by atoms with van der Waals surface area (Å²) in [5.74, 6) is 0. The van der Waals surface area contributed by atoms with E-state index < -0.39 is 25.1 Å². The smallest absolute Gasteiger partial charge is 0.192 e. The molecule has 2 aliphatic heterocycles. The number of hydrogen-bond acceptors (Lipinski definition) is 5. The molecule has 2 spiro atoms. The number of fused-ring (bicyclic) bond motifs is 1. The van der Waals surface area contributed by atoms with Gasteiger partial charge in [0.2, 0.25) is 0 Å². The molecule has 4 atom stereocenters. The van der Waals surface area contributed by atoms with Crippen molar-refractivity contribution in [2.24, 2.45) is 0 Å². The Morgan fingerprint density at radius 3 is 2.26 bits per heavy atom. The number of ether oxygens (including phenoxy) is 2. The predicted octanol–water partition coefficient (Wildman–Crippen LogP) is 3.77. The third kappa shape index (κ3) is 3.34. The lowest BCUT2D eigenvalue weighted by Gasteiger charge is -2.61. The van der Waals surface area contributed by atoms with Gasteiger partial charge in [0.25, 0.3) is 0 Å². The molecule has 2 saturated heterocycles. The van der Waals surface area contributed by atoms with Gasteiger partial charge in [0.15, 0.2) is 8.32 Å². The van der Waals surface area contributed by atoms with Crippen molar-refractivity contribution in [1.29, 1.82) is 0 Å². The zero-order chi connectivity index (χ0) is 20.0. The van der Waals surface area contributed by atoms with Gasteiger partial charge >= 0.3 is 0 Å². The van der Waals surface area contributed by atoms with E-state index in [1.165, 1.54) is 0 Å². The van der Waals surface area contributed by atoms with E-state index in [-0.39, 0.29) is 17.7 Å². The molecule has 3 aliphatic rings. The highest BCUT2D eigenvalue weighted by Crippen LogP contribution is 2.59. The highest BCUT2D eigenvalue weighted by molar-refractivity contribution is 6.74. The standard InChI is InChI=1S/C21H40O5Si/c1-18(2,3)27(4,5)26-17-9-13-19(10-7-15-24-19)21(12-8-16-25-21)20(17,23)11-6-14-22/h17,22-23H,6-16H2,1-5H3/t17-,19-,20-,21+/m1/s1. The highest BCUT2D eigenvalue weighted by atomic mass is 28.4. The van der Waals surface area contributed by atoms with Gasteiger partial charge in [0.05, 0.1) is 6.10 Å². The molecule has 3 rings (SSSR count). The lowest BCUT2D eigenvalue weighted by molar-refractivity contribution is -0.302. The van der Waals surface area contributed by atoms with Gasteiger partial charge in [-0.1, -0.05) is 20.8 Å². The van der Waals surface area contributed by atoms with Crippen LogP contribution in [0, 0.1) is 0 Å². The van der Waals surface area contributed by atoms with Gasteiger partial charge in [-0.05, 0) is 69.5 Å². The van der Waals surface area contributed by atoms with Gasteiger partial charge in [-0.2, -0.15) is 0 Å². The molecule has 0 radical (unpaired) electrons. The van der Waals surface area contributed by atoms with Gasteiger partial charge in [0.1, 0.15) is 16.8 Å². The van der Waals surface area contributed by atoms with Crippen LogP contribution in [0.2, 0.25) is 18.1 Å². The third-order valence-electron chi connectivity index (χ3n) is 7.86. The maximum Gasteiger partial charge on any atom is 0.192 e. The molecular weight excluding hydrogens is 360 g/mol. The van der Waals surface area contributed by atoms with E-state index in [0.29, 0.717) is 19.4 Å². The van der Waals surface area contributed by atoms with Crippen LogP contribution in [-0.4, -0.2) is 61.3 Å². The van der Waals surface area contributed by atoms with Crippen LogP contribution in [0.5, 0.6) is 0 Å². The summed E-state index contributed by atoms with van der Waals surface area (Å²) in [4.78, 5) is 0. The summed E-state index contributed by atoms with van der Waals surface area (Å²) in [6.45, 7) is 12.7. The summed E-state index contributed by atoms with van der Waals surface area (Å²) in [7, 11) is -2.06. The number of hydrogen-bond donors (Lipinski definition) is 2. The van der Waals surface area contributed by atoms with Crippen LogP contribution < -0.4 is 0 Å². The molecule has 27 heavy (non-hydrogen) atoms. The van der Waals surface area contributed by atoms with E-state index in [1.807, 2.05) is 0 Å². The molecule has 3 fully saturated rings. The van der Waals surface area contributed by atoms with Crippen molar-refractivity contribution in [3.8, 4) is 0 Å². The Balaban J connectivity index is 2.00. The number of aliphatic hydroxyl groups excluding tert-OH is 1. The van der Waals surface area contributed by atoms with Crippen molar-refractivity contribution in [2.75, 3.05) is 19.8 Å². The van der Waals surface area contributed by atoms with E-state index in [9.17, 15) is 10.2 Å². The molecule has 0 aromatic carbocycles. The van der Waals surface area contributed by atoms with Crippen LogP contribution >= 0.6 is 0 Å². The Kier molecular flexibility index (Phi) is 5.93. The average Bonchev–Trinajstić information content (AvgIpc) is 3.24. The molecule has 1 aliphatic carbocycles. The second kappa shape index (κ2) is 7.37. The quantitative estimate of drug-likeness (QED) is 0.688. The van der Waals surface area contributed by atoms with Crippen LogP contribution in [-0.2, 0) is 13.9 Å². The Hall–Kier alpha value is 0.0169. The Bertz CT molecular complexity index is 517. The molecule has 0 aromatic rings. The van der Waals surface area contributed by atoms with Gasteiger partial charge in [-0.25, -0.2) is 0 Å². The van der Waals surface area contributed by atoms with Crippen LogP contribution in [0.4, 0.5) is 0 Å². The molecule has 2 N–H and O–H groups in total. The molecular formula is C21H40O5Si. The summed E-state index contributed by atoms with van der Waals surface area (Å²) in [5, 5.41) is 21.9. The SMILES string of the molecule is CC(C)(C)[Si](C)(C)O[C@@H]1CC[C@]2(CCCO2)[C@@]2(CCCO2)[C@@]1(O)CCCO. The average molecular weight is 401 g/mol. The minimum Gasteiger partial charge on any atom is -0.411 e. The second-order valence-corrected chi connectivity index (χ2v) is 15.1. The monoisotopic (exact) mass is 400 g/mol. The molecule has 0 aromatic heterocycles. The van der Waals surface area contributed by atoms with Crippen molar-refractivity contribution < 1.29 is 24.1 Å². The zero-order valence-corrected chi connectivity index (χ0v) is 19.0. The van der Waals surface area contributed by atoms with Gasteiger partial charge < -0.3 is 24.1 Å². The van der Waals surface area contributed by atoms with E-state index in [4.69, 9.17) is 13.9 Å². The largest absolute Gasteiger partial charge is 0.411 e. The normalized spacial score (nSPS) is 40.3. The molecule has 1 saturated carbocycles. The zero-order valence-electron chi connectivity index (χ0n) is 18.0. The van der Waals surface area contributed by atoms with E-state index in [2.05, 4.69) is 33.9 Å². The maximum absolute atomic E-state index is 12.2. The van der Waals surface area contributed by atoms with Crippen LogP contribution in [0.3, 0.4) is 0 Å². The molecule has 6 heteroatoms. The predicted molar refractivity (Wildman–Crippen MR) is 108 cm³/mol.